The predicted octanol–water partition coefficient (Wildman–Crippen LogP) is 2.42. The third-order valence-corrected chi connectivity index (χ3v) is 2.03. The highest BCUT2D eigenvalue weighted by Crippen LogP contribution is 2.21. The van der Waals surface area contributed by atoms with Gasteiger partial charge in [0.2, 0.25) is 0 Å². The summed E-state index contributed by atoms with van der Waals surface area (Å²) >= 11 is 0. The van der Waals surface area contributed by atoms with Gasteiger partial charge < -0.3 is 5.11 Å². The van der Waals surface area contributed by atoms with Crippen molar-refractivity contribution in [3.63, 3.8) is 0 Å². The van der Waals surface area contributed by atoms with Crippen LogP contribution in [0.3, 0.4) is 0 Å². The van der Waals surface area contributed by atoms with Gasteiger partial charge in [0.1, 0.15) is 0 Å². The number of hydrogen-bond acceptors (Lipinski definition) is 1. The molecule has 1 rings (SSSR count). The molecule has 0 bridgehead atoms. The van der Waals surface area contributed by atoms with Crippen molar-refractivity contribution in [1.82, 2.24) is 0 Å². The lowest BCUT2D eigenvalue weighted by molar-refractivity contribution is 0.210. The molecule has 1 atom stereocenters. The Kier molecular flexibility index (Phi) is 3.37. The molecule has 0 saturated carbocycles. The van der Waals surface area contributed by atoms with Gasteiger partial charge in [0, 0.05) is 0 Å². The van der Waals surface area contributed by atoms with Crippen molar-refractivity contribution in [3.8, 4) is 0 Å². The number of aliphatic hydroxyl groups is 1. The number of rotatable bonds is 3. The van der Waals surface area contributed by atoms with E-state index in [1.54, 1.807) is 0 Å². The Morgan fingerprint density at radius 3 is 3.00 bits per heavy atom. The fraction of sp³-hybridized carbons (Fsp3) is 0.600. The zero-order chi connectivity index (χ0) is 8.10. The minimum absolute atomic E-state index is 0.156. The van der Waals surface area contributed by atoms with Gasteiger partial charge in [0.25, 0.3) is 0 Å². The molecule has 0 amide bonds. The van der Waals surface area contributed by atoms with E-state index in [9.17, 15) is 5.11 Å². The van der Waals surface area contributed by atoms with Gasteiger partial charge in [-0.15, -0.1) is 0 Å². The van der Waals surface area contributed by atoms with Crippen molar-refractivity contribution < 1.29 is 5.11 Å². The summed E-state index contributed by atoms with van der Waals surface area (Å²) in [5, 5.41) is 9.39. The van der Waals surface area contributed by atoms with Crippen LogP contribution in [0.25, 0.3) is 0 Å². The molecule has 1 aliphatic rings. The van der Waals surface area contributed by atoms with E-state index in [-0.39, 0.29) is 6.10 Å². The topological polar surface area (TPSA) is 20.2 Å². The fourth-order valence-corrected chi connectivity index (χ4v) is 1.35. The van der Waals surface area contributed by atoms with Crippen LogP contribution in [-0.4, -0.2) is 11.2 Å². The summed E-state index contributed by atoms with van der Waals surface area (Å²) in [6.07, 6.45) is 10.3. The molecule has 0 aromatic heterocycles. The van der Waals surface area contributed by atoms with E-state index in [0.717, 1.165) is 25.7 Å². The summed E-state index contributed by atoms with van der Waals surface area (Å²) in [5.41, 5.74) is 1.20. The van der Waals surface area contributed by atoms with Gasteiger partial charge in [0.15, 0.2) is 0 Å². The van der Waals surface area contributed by atoms with Crippen LogP contribution in [0.4, 0.5) is 0 Å². The third-order valence-electron chi connectivity index (χ3n) is 2.03. The van der Waals surface area contributed by atoms with E-state index in [1.807, 2.05) is 0 Å². The summed E-state index contributed by atoms with van der Waals surface area (Å²) in [6.45, 7) is 2.12. The molecule has 0 aliphatic heterocycles. The standard InChI is InChI=1S/C10H16O/c1-2-3-4-6-9-7-5-8-10(9)11/h3-4,7,10-11H,2,5-6,8H2,1H3/b4-3-. The maximum Gasteiger partial charge on any atom is 0.0756 e. The largest absolute Gasteiger partial charge is 0.389 e. The van der Waals surface area contributed by atoms with Crippen molar-refractivity contribution >= 4 is 0 Å². The molecule has 0 spiro atoms. The Bertz CT molecular complexity index is 168. The SMILES string of the molecule is CC/C=C\CC1=CCCC1O. The number of aliphatic hydroxyl groups excluding tert-OH is 1. The van der Waals surface area contributed by atoms with Crippen LogP contribution in [0, 0.1) is 0 Å². The second-order valence-corrected chi connectivity index (χ2v) is 2.96. The molecule has 1 N–H and O–H groups in total. The van der Waals surface area contributed by atoms with Crippen LogP contribution >= 0.6 is 0 Å². The van der Waals surface area contributed by atoms with E-state index in [1.165, 1.54) is 5.57 Å². The van der Waals surface area contributed by atoms with Crippen molar-refractivity contribution in [2.45, 2.75) is 38.7 Å². The van der Waals surface area contributed by atoms with E-state index >= 15 is 0 Å². The molecule has 0 aromatic rings. The van der Waals surface area contributed by atoms with Crippen LogP contribution in [-0.2, 0) is 0 Å². The molecule has 1 unspecified atom stereocenters. The quantitative estimate of drug-likeness (QED) is 0.616. The van der Waals surface area contributed by atoms with Crippen LogP contribution in [0.15, 0.2) is 23.8 Å². The van der Waals surface area contributed by atoms with E-state index < -0.39 is 0 Å². The van der Waals surface area contributed by atoms with Gasteiger partial charge >= 0.3 is 0 Å². The highest BCUT2D eigenvalue weighted by Gasteiger charge is 2.13. The lowest BCUT2D eigenvalue weighted by Gasteiger charge is -2.03. The normalized spacial score (nSPS) is 24.5. The van der Waals surface area contributed by atoms with Crippen LogP contribution in [0.2, 0.25) is 0 Å². The second kappa shape index (κ2) is 4.35. The summed E-state index contributed by atoms with van der Waals surface area (Å²) in [5.74, 6) is 0. The first-order valence-electron chi connectivity index (χ1n) is 4.36. The highest BCUT2D eigenvalue weighted by atomic mass is 16.3. The Morgan fingerprint density at radius 2 is 2.45 bits per heavy atom. The van der Waals surface area contributed by atoms with E-state index in [4.69, 9.17) is 0 Å². The second-order valence-electron chi connectivity index (χ2n) is 2.96. The summed E-state index contributed by atoms with van der Waals surface area (Å²) in [6, 6.07) is 0. The highest BCUT2D eigenvalue weighted by molar-refractivity contribution is 5.16. The van der Waals surface area contributed by atoms with Gasteiger partial charge in [-0.2, -0.15) is 0 Å². The van der Waals surface area contributed by atoms with Gasteiger partial charge in [0.05, 0.1) is 6.10 Å². The molecule has 0 aromatic carbocycles. The van der Waals surface area contributed by atoms with Gasteiger partial charge in [-0.1, -0.05) is 25.2 Å². The lowest BCUT2D eigenvalue weighted by Crippen LogP contribution is -2.03. The lowest BCUT2D eigenvalue weighted by atomic mass is 10.1. The monoisotopic (exact) mass is 152 g/mol. The van der Waals surface area contributed by atoms with Crippen LogP contribution in [0.1, 0.15) is 32.6 Å². The number of hydrogen-bond donors (Lipinski definition) is 1. The molecule has 1 nitrogen and oxygen atoms in total. The Morgan fingerprint density at radius 1 is 1.64 bits per heavy atom. The van der Waals surface area contributed by atoms with Gasteiger partial charge in [-0.25, -0.2) is 0 Å². The summed E-state index contributed by atoms with van der Waals surface area (Å²) < 4.78 is 0. The Balaban J connectivity index is 2.31. The first kappa shape index (κ1) is 8.54. The van der Waals surface area contributed by atoms with Crippen molar-refractivity contribution in [3.05, 3.63) is 23.8 Å². The van der Waals surface area contributed by atoms with Crippen LogP contribution < -0.4 is 0 Å². The third kappa shape index (κ3) is 2.51. The molecular formula is C10H16O. The molecule has 62 valence electrons. The van der Waals surface area contributed by atoms with Crippen LogP contribution in [0.5, 0.6) is 0 Å². The molecule has 0 heterocycles. The molecule has 1 aliphatic carbocycles. The minimum atomic E-state index is -0.156. The van der Waals surface area contributed by atoms with E-state index in [0.29, 0.717) is 0 Å². The zero-order valence-electron chi connectivity index (χ0n) is 7.09. The molecule has 0 saturated heterocycles. The maximum atomic E-state index is 9.39. The molecule has 0 radical (unpaired) electrons. The average Bonchev–Trinajstić information content (AvgIpc) is 2.37. The smallest absolute Gasteiger partial charge is 0.0756 e. The minimum Gasteiger partial charge on any atom is -0.389 e. The molecular weight excluding hydrogens is 136 g/mol. The Hall–Kier alpha value is -0.560. The zero-order valence-corrected chi connectivity index (χ0v) is 7.09. The first-order valence-corrected chi connectivity index (χ1v) is 4.36. The van der Waals surface area contributed by atoms with E-state index in [2.05, 4.69) is 25.2 Å². The van der Waals surface area contributed by atoms with Crippen molar-refractivity contribution in [2.24, 2.45) is 0 Å². The number of allylic oxidation sites excluding steroid dienone is 3. The van der Waals surface area contributed by atoms with Crippen molar-refractivity contribution in [1.29, 1.82) is 0 Å². The average molecular weight is 152 g/mol. The maximum absolute atomic E-state index is 9.39. The Labute approximate surface area is 68.4 Å². The molecule has 1 heteroatoms. The fourth-order valence-electron chi connectivity index (χ4n) is 1.35. The van der Waals surface area contributed by atoms with Crippen molar-refractivity contribution in [2.75, 3.05) is 0 Å². The molecule has 11 heavy (non-hydrogen) atoms. The first-order chi connectivity index (χ1) is 5.34. The summed E-state index contributed by atoms with van der Waals surface area (Å²) in [4.78, 5) is 0. The predicted molar refractivity (Wildman–Crippen MR) is 47.4 cm³/mol. The summed E-state index contributed by atoms with van der Waals surface area (Å²) in [7, 11) is 0. The molecule has 0 fully saturated rings. The van der Waals surface area contributed by atoms with Gasteiger partial charge in [-0.3, -0.25) is 0 Å². The van der Waals surface area contributed by atoms with Gasteiger partial charge in [-0.05, 0) is 31.3 Å².